The van der Waals surface area contributed by atoms with Gasteiger partial charge in [0.05, 0.1) is 0 Å². The summed E-state index contributed by atoms with van der Waals surface area (Å²) in [5.41, 5.74) is 0.814. The van der Waals surface area contributed by atoms with Crippen molar-refractivity contribution in [2.45, 2.75) is 26.7 Å². The molecule has 1 atom stereocenters. The summed E-state index contributed by atoms with van der Waals surface area (Å²) in [4.78, 5) is 24.6. The minimum atomic E-state index is -1.04. The molecule has 19 heavy (non-hydrogen) atoms. The van der Waals surface area contributed by atoms with Crippen molar-refractivity contribution in [2.75, 3.05) is 13.1 Å². The normalized spacial score (nSPS) is 17.4. The molecule has 1 fully saturated rings. The summed E-state index contributed by atoms with van der Waals surface area (Å²) >= 11 is 0. The van der Waals surface area contributed by atoms with E-state index in [0.29, 0.717) is 19.0 Å². The maximum absolute atomic E-state index is 12.1. The van der Waals surface area contributed by atoms with Gasteiger partial charge in [-0.2, -0.15) is 5.10 Å². The number of amides is 1. The molecule has 0 spiro atoms. The third-order valence-electron chi connectivity index (χ3n) is 3.84. The van der Waals surface area contributed by atoms with Gasteiger partial charge < -0.3 is 10.0 Å². The zero-order chi connectivity index (χ0) is 14.2. The predicted molar refractivity (Wildman–Crippen MR) is 68.9 cm³/mol. The van der Waals surface area contributed by atoms with E-state index in [4.69, 9.17) is 5.11 Å². The summed E-state index contributed by atoms with van der Waals surface area (Å²) in [6, 6.07) is 1.54. The maximum Gasteiger partial charge on any atom is 0.356 e. The number of aromatic amines is 1. The average Bonchev–Trinajstić information content (AvgIpc) is 2.75. The summed E-state index contributed by atoms with van der Waals surface area (Å²) in [5, 5.41) is 15.3. The number of carboxylic acid groups (broad SMARTS) is 1. The summed E-state index contributed by atoms with van der Waals surface area (Å²) in [5.74, 6) is -0.342. The van der Waals surface area contributed by atoms with Crippen molar-refractivity contribution < 1.29 is 14.7 Å². The number of carboxylic acids is 1. The lowest BCUT2D eigenvalue weighted by molar-refractivity contribution is -0.140. The smallest absolute Gasteiger partial charge is 0.356 e. The predicted octanol–water partition coefficient (Wildman–Crippen LogP) is 1.33. The monoisotopic (exact) mass is 265 g/mol. The Kier molecular flexibility index (Phi) is 3.59. The number of H-pyrrole nitrogens is 1. The van der Waals surface area contributed by atoms with Gasteiger partial charge in [0.1, 0.15) is 0 Å². The van der Waals surface area contributed by atoms with Crippen LogP contribution in [0.5, 0.6) is 0 Å². The molecule has 0 radical (unpaired) electrons. The van der Waals surface area contributed by atoms with Gasteiger partial charge in [0, 0.05) is 30.6 Å². The fourth-order valence-electron chi connectivity index (χ4n) is 2.08. The molecule has 1 saturated heterocycles. The number of carbonyl (C=O) groups excluding carboxylic acids is 1. The molecule has 2 N–H and O–H groups in total. The molecule has 0 aromatic carbocycles. The van der Waals surface area contributed by atoms with E-state index in [1.807, 2.05) is 25.7 Å². The Morgan fingerprint density at radius 2 is 2.05 bits per heavy atom. The number of aromatic carboxylic acids is 1. The van der Waals surface area contributed by atoms with Gasteiger partial charge in [0.15, 0.2) is 5.69 Å². The van der Waals surface area contributed by atoms with E-state index >= 15 is 0 Å². The number of carbonyl (C=O) groups is 2. The van der Waals surface area contributed by atoms with Crippen LogP contribution in [0.25, 0.3) is 0 Å². The van der Waals surface area contributed by atoms with E-state index in [-0.39, 0.29) is 23.4 Å². The third kappa shape index (κ3) is 2.62. The van der Waals surface area contributed by atoms with Crippen LogP contribution in [-0.2, 0) is 4.79 Å². The van der Waals surface area contributed by atoms with Crippen molar-refractivity contribution in [3.05, 3.63) is 17.5 Å². The van der Waals surface area contributed by atoms with Gasteiger partial charge in [-0.15, -0.1) is 0 Å². The number of aromatic nitrogens is 2. The molecule has 2 rings (SSSR count). The largest absolute Gasteiger partial charge is 0.476 e. The Labute approximate surface area is 111 Å². The number of rotatable bonds is 4. The second-order valence-electron chi connectivity index (χ2n) is 5.49. The SMILES string of the molecule is CC(C)C(C)C(=O)N1CC(c2cc(C(=O)O)n[nH]2)C1. The zero-order valence-corrected chi connectivity index (χ0v) is 11.4. The summed E-state index contributed by atoms with van der Waals surface area (Å²) < 4.78 is 0. The topological polar surface area (TPSA) is 86.3 Å². The molecular formula is C13H19N3O3. The van der Waals surface area contributed by atoms with Crippen LogP contribution in [0.2, 0.25) is 0 Å². The maximum atomic E-state index is 12.1. The van der Waals surface area contributed by atoms with Gasteiger partial charge in [-0.25, -0.2) is 4.79 Å². The van der Waals surface area contributed by atoms with E-state index in [9.17, 15) is 9.59 Å². The molecule has 104 valence electrons. The van der Waals surface area contributed by atoms with Crippen LogP contribution < -0.4 is 0 Å². The minimum absolute atomic E-state index is 0.0234. The number of nitrogens with zero attached hydrogens (tertiary/aromatic N) is 2. The zero-order valence-electron chi connectivity index (χ0n) is 11.4. The Bertz CT molecular complexity index is 489. The van der Waals surface area contributed by atoms with Crippen molar-refractivity contribution in [1.82, 2.24) is 15.1 Å². The molecule has 6 heteroatoms. The molecule has 1 amide bonds. The molecule has 1 unspecified atom stereocenters. The molecule has 1 aliphatic heterocycles. The van der Waals surface area contributed by atoms with Crippen LogP contribution in [-0.4, -0.2) is 45.2 Å². The number of hydrogen-bond acceptors (Lipinski definition) is 3. The van der Waals surface area contributed by atoms with Gasteiger partial charge >= 0.3 is 5.97 Å². The van der Waals surface area contributed by atoms with Crippen LogP contribution in [0, 0.1) is 11.8 Å². The highest BCUT2D eigenvalue weighted by atomic mass is 16.4. The average molecular weight is 265 g/mol. The second kappa shape index (κ2) is 5.03. The highest BCUT2D eigenvalue weighted by Gasteiger charge is 2.35. The van der Waals surface area contributed by atoms with Gasteiger partial charge in [0.25, 0.3) is 0 Å². The molecule has 2 heterocycles. The molecular weight excluding hydrogens is 246 g/mol. The van der Waals surface area contributed by atoms with E-state index < -0.39 is 5.97 Å². The Morgan fingerprint density at radius 3 is 2.53 bits per heavy atom. The second-order valence-corrected chi connectivity index (χ2v) is 5.49. The first kappa shape index (κ1) is 13.6. The first-order chi connectivity index (χ1) is 8.90. The quantitative estimate of drug-likeness (QED) is 0.859. The first-order valence-corrected chi connectivity index (χ1v) is 6.47. The van der Waals surface area contributed by atoms with Crippen LogP contribution in [0.1, 0.15) is 42.9 Å². The summed E-state index contributed by atoms with van der Waals surface area (Å²) in [6.07, 6.45) is 0. The van der Waals surface area contributed by atoms with Gasteiger partial charge in [-0.3, -0.25) is 9.89 Å². The fourth-order valence-corrected chi connectivity index (χ4v) is 2.08. The van der Waals surface area contributed by atoms with Crippen LogP contribution >= 0.6 is 0 Å². The molecule has 1 aromatic heterocycles. The van der Waals surface area contributed by atoms with E-state index in [0.717, 1.165) is 5.69 Å². The van der Waals surface area contributed by atoms with Crippen molar-refractivity contribution in [3.8, 4) is 0 Å². The van der Waals surface area contributed by atoms with E-state index in [2.05, 4.69) is 10.2 Å². The lowest BCUT2D eigenvalue weighted by atomic mass is 9.91. The van der Waals surface area contributed by atoms with Crippen LogP contribution in [0.4, 0.5) is 0 Å². The number of hydrogen-bond donors (Lipinski definition) is 2. The van der Waals surface area contributed by atoms with Crippen LogP contribution in [0.3, 0.4) is 0 Å². The Morgan fingerprint density at radius 1 is 1.42 bits per heavy atom. The lowest BCUT2D eigenvalue weighted by Gasteiger charge is -2.40. The minimum Gasteiger partial charge on any atom is -0.476 e. The third-order valence-corrected chi connectivity index (χ3v) is 3.84. The standard InChI is InChI=1S/C13H19N3O3/c1-7(2)8(3)12(17)16-5-9(6-16)10-4-11(13(18)19)15-14-10/h4,7-9H,5-6H2,1-3H3,(H,14,15)(H,18,19). The first-order valence-electron chi connectivity index (χ1n) is 6.47. The molecule has 1 aliphatic rings. The molecule has 0 bridgehead atoms. The van der Waals surface area contributed by atoms with Crippen LogP contribution in [0.15, 0.2) is 6.07 Å². The molecule has 0 aliphatic carbocycles. The van der Waals surface area contributed by atoms with Crippen molar-refractivity contribution in [2.24, 2.45) is 11.8 Å². The van der Waals surface area contributed by atoms with Gasteiger partial charge in [0.2, 0.25) is 5.91 Å². The van der Waals surface area contributed by atoms with Crippen molar-refractivity contribution >= 4 is 11.9 Å². The van der Waals surface area contributed by atoms with E-state index in [1.165, 1.54) is 0 Å². The fraction of sp³-hybridized carbons (Fsp3) is 0.615. The summed E-state index contributed by atoms with van der Waals surface area (Å²) in [6.45, 7) is 7.29. The summed E-state index contributed by atoms with van der Waals surface area (Å²) in [7, 11) is 0. The van der Waals surface area contributed by atoms with Gasteiger partial charge in [-0.05, 0) is 12.0 Å². The Balaban J connectivity index is 1.92. The molecule has 6 nitrogen and oxygen atoms in total. The van der Waals surface area contributed by atoms with Crippen molar-refractivity contribution in [1.29, 1.82) is 0 Å². The number of nitrogens with one attached hydrogen (secondary N) is 1. The number of likely N-dealkylation sites (tertiary alicyclic amines) is 1. The molecule has 0 saturated carbocycles. The highest BCUT2D eigenvalue weighted by molar-refractivity contribution is 5.85. The Hall–Kier alpha value is -1.85. The molecule has 1 aromatic rings. The highest BCUT2D eigenvalue weighted by Crippen LogP contribution is 2.28. The lowest BCUT2D eigenvalue weighted by Crippen LogP contribution is -2.51. The van der Waals surface area contributed by atoms with Crippen molar-refractivity contribution in [3.63, 3.8) is 0 Å². The van der Waals surface area contributed by atoms with Gasteiger partial charge in [-0.1, -0.05) is 20.8 Å². The van der Waals surface area contributed by atoms with E-state index in [1.54, 1.807) is 6.07 Å².